The van der Waals surface area contributed by atoms with E-state index in [0.29, 0.717) is 25.0 Å². The van der Waals surface area contributed by atoms with E-state index in [9.17, 15) is 4.79 Å². The molecule has 0 aliphatic carbocycles. The van der Waals surface area contributed by atoms with Crippen LogP contribution in [0.5, 0.6) is 0 Å². The summed E-state index contributed by atoms with van der Waals surface area (Å²) in [6, 6.07) is 1.81. The molecular weight excluding hydrogens is 308 g/mol. The summed E-state index contributed by atoms with van der Waals surface area (Å²) in [7, 11) is 0. The molecule has 0 bridgehead atoms. The van der Waals surface area contributed by atoms with Crippen molar-refractivity contribution in [2.75, 3.05) is 18.5 Å². The smallest absolute Gasteiger partial charge is 0.307 e. The molecule has 0 atom stereocenters. The van der Waals surface area contributed by atoms with Crippen molar-refractivity contribution in [1.82, 2.24) is 24.7 Å². The molecule has 0 radical (unpaired) electrons. The average molecular weight is 332 g/mol. The predicted molar refractivity (Wildman–Crippen MR) is 89.9 cm³/mol. The molecule has 0 aliphatic heterocycles. The zero-order valence-electron chi connectivity index (χ0n) is 14.2. The summed E-state index contributed by atoms with van der Waals surface area (Å²) < 4.78 is 6.50. The second kappa shape index (κ2) is 9.59. The molecular formula is C16H24N6O2. The minimum absolute atomic E-state index is 0.241. The number of carbonyl (C=O) groups is 1. The minimum Gasteiger partial charge on any atom is -0.466 e. The second-order valence-electron chi connectivity index (χ2n) is 5.26. The molecule has 0 aromatic carbocycles. The first kappa shape index (κ1) is 17.8. The molecule has 0 spiro atoms. The van der Waals surface area contributed by atoms with Crippen LogP contribution in [0.4, 0.5) is 5.95 Å². The summed E-state index contributed by atoms with van der Waals surface area (Å²) in [6.45, 7) is 4.74. The van der Waals surface area contributed by atoms with Crippen LogP contribution < -0.4 is 5.32 Å². The first-order chi connectivity index (χ1) is 11.7. The number of anilines is 1. The summed E-state index contributed by atoms with van der Waals surface area (Å²) >= 11 is 0. The van der Waals surface area contributed by atoms with Crippen molar-refractivity contribution in [2.24, 2.45) is 0 Å². The number of aryl methyl sites for hydroxylation is 1. The molecule has 0 amide bonds. The molecule has 1 N–H and O–H groups in total. The Bertz CT molecular complexity index is 630. The van der Waals surface area contributed by atoms with Crippen LogP contribution in [0, 0.1) is 0 Å². The molecule has 8 nitrogen and oxygen atoms in total. The van der Waals surface area contributed by atoms with E-state index in [4.69, 9.17) is 4.74 Å². The van der Waals surface area contributed by atoms with Gasteiger partial charge in [-0.25, -0.2) is 4.68 Å². The number of nitrogens with one attached hydrogen (secondary N) is 1. The molecule has 24 heavy (non-hydrogen) atoms. The van der Waals surface area contributed by atoms with Gasteiger partial charge >= 0.3 is 5.97 Å². The fraction of sp³-hybridized carbons (Fsp3) is 0.562. The van der Waals surface area contributed by atoms with E-state index in [1.807, 2.05) is 6.07 Å². The number of aromatic nitrogens is 5. The minimum atomic E-state index is -0.241. The Morgan fingerprint density at radius 3 is 2.83 bits per heavy atom. The van der Waals surface area contributed by atoms with E-state index < -0.39 is 0 Å². The molecule has 0 saturated heterocycles. The fourth-order valence-electron chi connectivity index (χ4n) is 2.13. The molecule has 0 unspecified atom stereocenters. The highest BCUT2D eigenvalue weighted by Gasteiger charge is 2.09. The molecule has 2 heterocycles. The first-order valence-corrected chi connectivity index (χ1v) is 8.37. The number of rotatable bonds is 10. The van der Waals surface area contributed by atoms with E-state index in [-0.39, 0.29) is 12.4 Å². The predicted octanol–water partition coefficient (Wildman–Crippen LogP) is 2.16. The lowest BCUT2D eigenvalue weighted by molar-refractivity contribution is -0.142. The number of unbranched alkanes of at least 4 members (excludes halogenated alkanes) is 2. The Balaban J connectivity index is 2.06. The molecule has 0 aliphatic rings. The number of hydrogen-bond donors (Lipinski definition) is 1. The quantitative estimate of drug-likeness (QED) is 0.526. The van der Waals surface area contributed by atoms with E-state index in [0.717, 1.165) is 31.5 Å². The zero-order chi connectivity index (χ0) is 17.2. The van der Waals surface area contributed by atoms with Gasteiger partial charge in [-0.05, 0) is 19.4 Å². The third-order valence-electron chi connectivity index (χ3n) is 3.30. The number of carbonyl (C=O) groups excluding carboxylic acids is 1. The standard InChI is InChI=1S/C16H24N6O2/c1-3-5-6-8-13-19-15(17-11-9-14(23)24-4-2)21-16(20-13)22-12-7-10-18-22/h7,10,12H,3-6,8-9,11H2,1-2H3,(H,17,19,20,21). The molecule has 2 aromatic heterocycles. The van der Waals surface area contributed by atoms with Crippen LogP contribution in [0.15, 0.2) is 18.5 Å². The largest absolute Gasteiger partial charge is 0.466 e. The summed E-state index contributed by atoms with van der Waals surface area (Å²) in [5.41, 5.74) is 0. The van der Waals surface area contributed by atoms with E-state index in [2.05, 4.69) is 32.3 Å². The number of esters is 1. The van der Waals surface area contributed by atoms with Crippen molar-refractivity contribution in [3.05, 3.63) is 24.3 Å². The van der Waals surface area contributed by atoms with Crippen LogP contribution in [-0.4, -0.2) is 43.9 Å². The Labute approximate surface area is 141 Å². The van der Waals surface area contributed by atoms with E-state index in [1.165, 1.54) is 0 Å². The van der Waals surface area contributed by atoms with Crippen molar-refractivity contribution < 1.29 is 9.53 Å². The van der Waals surface area contributed by atoms with Gasteiger partial charge in [-0.1, -0.05) is 19.8 Å². The highest BCUT2D eigenvalue weighted by atomic mass is 16.5. The van der Waals surface area contributed by atoms with Gasteiger partial charge < -0.3 is 10.1 Å². The van der Waals surface area contributed by atoms with Gasteiger partial charge in [-0.2, -0.15) is 20.1 Å². The van der Waals surface area contributed by atoms with Gasteiger partial charge in [-0.3, -0.25) is 4.79 Å². The molecule has 0 saturated carbocycles. The van der Waals surface area contributed by atoms with Gasteiger partial charge in [-0.15, -0.1) is 0 Å². The fourth-order valence-corrected chi connectivity index (χ4v) is 2.13. The number of hydrogen-bond acceptors (Lipinski definition) is 7. The first-order valence-electron chi connectivity index (χ1n) is 8.37. The van der Waals surface area contributed by atoms with E-state index in [1.54, 1.807) is 24.0 Å². The van der Waals surface area contributed by atoms with Crippen LogP contribution in [0.3, 0.4) is 0 Å². The van der Waals surface area contributed by atoms with Crippen molar-refractivity contribution in [2.45, 2.75) is 46.0 Å². The Morgan fingerprint density at radius 1 is 1.25 bits per heavy atom. The Kier molecular flexibility index (Phi) is 7.13. The summed E-state index contributed by atoms with van der Waals surface area (Å²) in [5.74, 6) is 1.41. The highest BCUT2D eigenvalue weighted by Crippen LogP contribution is 2.09. The normalized spacial score (nSPS) is 10.6. The Hall–Kier alpha value is -2.51. The van der Waals surface area contributed by atoms with Gasteiger partial charge in [0, 0.05) is 25.4 Å². The van der Waals surface area contributed by atoms with Gasteiger partial charge in [0.1, 0.15) is 5.82 Å². The van der Waals surface area contributed by atoms with Crippen molar-refractivity contribution in [1.29, 1.82) is 0 Å². The second-order valence-corrected chi connectivity index (χ2v) is 5.26. The zero-order valence-corrected chi connectivity index (χ0v) is 14.2. The number of ether oxygens (including phenoxy) is 1. The van der Waals surface area contributed by atoms with E-state index >= 15 is 0 Å². The maximum Gasteiger partial charge on any atom is 0.307 e. The third-order valence-corrected chi connectivity index (χ3v) is 3.30. The lowest BCUT2D eigenvalue weighted by atomic mass is 10.2. The monoisotopic (exact) mass is 332 g/mol. The molecule has 2 rings (SSSR count). The van der Waals surface area contributed by atoms with Crippen molar-refractivity contribution >= 4 is 11.9 Å². The third kappa shape index (κ3) is 5.60. The lowest BCUT2D eigenvalue weighted by Crippen LogP contribution is -2.15. The topological polar surface area (TPSA) is 94.8 Å². The lowest BCUT2D eigenvalue weighted by Gasteiger charge is -2.09. The summed E-state index contributed by atoms with van der Waals surface area (Å²) in [5, 5.41) is 7.22. The van der Waals surface area contributed by atoms with Crippen LogP contribution in [0.2, 0.25) is 0 Å². The summed E-state index contributed by atoms with van der Waals surface area (Å²) in [6.07, 6.45) is 7.82. The summed E-state index contributed by atoms with van der Waals surface area (Å²) in [4.78, 5) is 24.7. The van der Waals surface area contributed by atoms with Gasteiger partial charge in [0.05, 0.1) is 13.0 Å². The highest BCUT2D eigenvalue weighted by molar-refractivity contribution is 5.69. The average Bonchev–Trinajstić information content (AvgIpc) is 3.10. The molecule has 2 aromatic rings. The van der Waals surface area contributed by atoms with Gasteiger partial charge in [0.2, 0.25) is 5.95 Å². The molecule has 0 fully saturated rings. The maximum absolute atomic E-state index is 11.4. The van der Waals surface area contributed by atoms with Crippen LogP contribution in [0.1, 0.15) is 45.4 Å². The van der Waals surface area contributed by atoms with Crippen LogP contribution in [-0.2, 0) is 16.0 Å². The van der Waals surface area contributed by atoms with Gasteiger partial charge in [0.25, 0.3) is 5.95 Å². The molecule has 130 valence electrons. The van der Waals surface area contributed by atoms with Crippen LogP contribution >= 0.6 is 0 Å². The van der Waals surface area contributed by atoms with Crippen molar-refractivity contribution in [3.63, 3.8) is 0 Å². The van der Waals surface area contributed by atoms with Crippen molar-refractivity contribution in [3.8, 4) is 5.95 Å². The van der Waals surface area contributed by atoms with Crippen LogP contribution in [0.25, 0.3) is 5.95 Å². The molecule has 8 heteroatoms. The Morgan fingerprint density at radius 2 is 2.12 bits per heavy atom. The SMILES string of the molecule is CCCCCc1nc(NCCC(=O)OCC)nc(-n2cccn2)n1. The van der Waals surface area contributed by atoms with Gasteiger partial charge in [0.15, 0.2) is 0 Å². The number of nitrogens with zero attached hydrogens (tertiary/aromatic N) is 5. The maximum atomic E-state index is 11.4.